The summed E-state index contributed by atoms with van der Waals surface area (Å²) in [5.74, 6) is -0.894. The molecule has 1 atom stereocenters. The summed E-state index contributed by atoms with van der Waals surface area (Å²) in [5, 5.41) is 14.7. The summed E-state index contributed by atoms with van der Waals surface area (Å²) in [6.45, 7) is 3.44. The van der Waals surface area contributed by atoms with Crippen LogP contribution in [-0.2, 0) is 9.59 Å². The highest BCUT2D eigenvalue weighted by Gasteiger charge is 2.17. The Morgan fingerprint density at radius 3 is 2.65 bits per heavy atom. The first kappa shape index (κ1) is 16.5. The third-order valence-corrected chi connectivity index (χ3v) is 3.34. The van der Waals surface area contributed by atoms with Gasteiger partial charge in [-0.2, -0.15) is 0 Å². The van der Waals surface area contributed by atoms with Crippen molar-refractivity contribution in [3.05, 3.63) is 22.7 Å². The van der Waals surface area contributed by atoms with Gasteiger partial charge in [0.2, 0.25) is 11.8 Å². The number of rotatable bonds is 5. The number of hydrogen-bond acceptors (Lipinski definition) is 4. The minimum atomic E-state index is -0.651. The molecule has 0 fully saturated rings. The van der Waals surface area contributed by atoms with Crippen LogP contribution in [-0.4, -0.2) is 29.5 Å². The Morgan fingerprint density at radius 2 is 2.05 bits per heavy atom. The van der Waals surface area contributed by atoms with E-state index < -0.39 is 11.9 Å². The first-order valence-electron chi connectivity index (χ1n) is 6.13. The smallest absolute Gasteiger partial charge is 0.243 e. The maximum absolute atomic E-state index is 11.7. The third-order valence-electron chi connectivity index (χ3n) is 2.71. The van der Waals surface area contributed by atoms with E-state index in [2.05, 4.69) is 26.6 Å². The van der Waals surface area contributed by atoms with E-state index in [1.807, 2.05) is 13.8 Å². The molecule has 1 aromatic rings. The number of aromatic hydroxyl groups is 1. The molecule has 0 aliphatic heterocycles. The van der Waals surface area contributed by atoms with Crippen LogP contribution in [0.1, 0.15) is 13.8 Å². The summed E-state index contributed by atoms with van der Waals surface area (Å²) in [4.78, 5) is 23.3. The van der Waals surface area contributed by atoms with Crippen LogP contribution in [0.25, 0.3) is 0 Å². The summed E-state index contributed by atoms with van der Waals surface area (Å²) in [6, 6.07) is 4.22. The van der Waals surface area contributed by atoms with Gasteiger partial charge in [0, 0.05) is 0 Å². The lowest BCUT2D eigenvalue weighted by Crippen LogP contribution is -2.46. The molecule has 0 spiro atoms. The molecule has 0 aliphatic carbocycles. The number of amides is 2. The highest BCUT2D eigenvalue weighted by Crippen LogP contribution is 2.31. The van der Waals surface area contributed by atoms with Gasteiger partial charge in [0.1, 0.15) is 0 Å². The van der Waals surface area contributed by atoms with Gasteiger partial charge in [-0.1, -0.05) is 19.9 Å². The highest BCUT2D eigenvalue weighted by molar-refractivity contribution is 9.10. The number of hydrogen-bond donors (Lipinski definition) is 4. The normalized spacial score (nSPS) is 12.1. The van der Waals surface area contributed by atoms with Crippen LogP contribution in [0.15, 0.2) is 22.7 Å². The van der Waals surface area contributed by atoms with Crippen LogP contribution in [0, 0.1) is 5.92 Å². The van der Waals surface area contributed by atoms with Crippen LogP contribution < -0.4 is 16.4 Å². The van der Waals surface area contributed by atoms with E-state index in [9.17, 15) is 14.7 Å². The van der Waals surface area contributed by atoms with Gasteiger partial charge in [-0.3, -0.25) is 9.59 Å². The van der Waals surface area contributed by atoms with Gasteiger partial charge < -0.3 is 21.5 Å². The number of nitrogens with one attached hydrogen (secondary N) is 2. The van der Waals surface area contributed by atoms with Crippen molar-refractivity contribution < 1.29 is 14.7 Å². The van der Waals surface area contributed by atoms with E-state index >= 15 is 0 Å². The largest absolute Gasteiger partial charge is 0.505 e. The average Bonchev–Trinajstić information content (AvgIpc) is 2.40. The fourth-order valence-corrected chi connectivity index (χ4v) is 1.76. The van der Waals surface area contributed by atoms with Crippen LogP contribution in [0.2, 0.25) is 0 Å². The van der Waals surface area contributed by atoms with Gasteiger partial charge in [0.05, 0.1) is 22.7 Å². The monoisotopic (exact) mass is 343 g/mol. The minimum absolute atomic E-state index is 0.00724. The van der Waals surface area contributed by atoms with Crippen molar-refractivity contribution in [1.29, 1.82) is 0 Å². The molecule has 0 aliphatic rings. The lowest BCUT2D eigenvalue weighted by atomic mass is 10.1. The summed E-state index contributed by atoms with van der Waals surface area (Å²) in [7, 11) is 0. The molecule has 5 N–H and O–H groups in total. The van der Waals surface area contributed by atoms with Gasteiger partial charge in [0.15, 0.2) is 5.75 Å². The maximum atomic E-state index is 11.7. The second-order valence-corrected chi connectivity index (χ2v) is 5.53. The lowest BCUT2D eigenvalue weighted by Gasteiger charge is -2.15. The molecular weight excluding hydrogens is 326 g/mol. The number of nitrogens with two attached hydrogens (primary N) is 1. The number of phenolic OH excluding ortho intramolecular Hbond substituents is 1. The van der Waals surface area contributed by atoms with Crippen LogP contribution >= 0.6 is 15.9 Å². The molecule has 7 heteroatoms. The number of halogens is 1. The molecular formula is C13H18BrN3O3. The predicted molar refractivity (Wildman–Crippen MR) is 80.3 cm³/mol. The Morgan fingerprint density at radius 1 is 1.40 bits per heavy atom. The van der Waals surface area contributed by atoms with E-state index in [0.29, 0.717) is 4.47 Å². The molecule has 20 heavy (non-hydrogen) atoms. The molecule has 0 radical (unpaired) electrons. The molecule has 2 amide bonds. The third kappa shape index (κ3) is 4.50. The molecule has 0 unspecified atom stereocenters. The SMILES string of the molecule is CC(C)[C@H](N)C(=O)NCC(=O)Nc1cccc(Br)c1O. The van der Waals surface area contributed by atoms with Crippen molar-refractivity contribution in [2.24, 2.45) is 11.7 Å². The molecule has 0 heterocycles. The van der Waals surface area contributed by atoms with Crippen molar-refractivity contribution in [3.8, 4) is 5.75 Å². The van der Waals surface area contributed by atoms with Crippen molar-refractivity contribution in [3.63, 3.8) is 0 Å². The second kappa shape index (κ2) is 7.25. The zero-order valence-corrected chi connectivity index (χ0v) is 12.9. The second-order valence-electron chi connectivity index (χ2n) is 4.67. The van der Waals surface area contributed by atoms with E-state index in [4.69, 9.17) is 5.73 Å². The Kier molecular flexibility index (Phi) is 5.97. The number of anilines is 1. The van der Waals surface area contributed by atoms with Crippen molar-refractivity contribution in [1.82, 2.24) is 5.32 Å². The van der Waals surface area contributed by atoms with Crippen molar-refractivity contribution >= 4 is 33.4 Å². The summed E-state index contributed by atoms with van der Waals surface area (Å²) in [6.07, 6.45) is 0. The predicted octanol–water partition coefficient (Wildman–Crippen LogP) is 1.19. The molecule has 1 rings (SSSR count). The molecule has 0 aromatic heterocycles. The van der Waals surface area contributed by atoms with Gasteiger partial charge in [-0.25, -0.2) is 0 Å². The number of benzene rings is 1. The number of phenols is 1. The fraction of sp³-hybridized carbons (Fsp3) is 0.385. The molecule has 1 aromatic carbocycles. The zero-order valence-electron chi connectivity index (χ0n) is 11.3. The van der Waals surface area contributed by atoms with Gasteiger partial charge in [0.25, 0.3) is 0 Å². The molecule has 0 saturated carbocycles. The topological polar surface area (TPSA) is 104 Å². The fourth-order valence-electron chi connectivity index (χ4n) is 1.40. The number of carbonyl (C=O) groups excluding carboxylic acids is 2. The van der Waals surface area contributed by atoms with Crippen LogP contribution in [0.5, 0.6) is 5.75 Å². The minimum Gasteiger partial charge on any atom is -0.505 e. The quantitative estimate of drug-likeness (QED) is 0.602. The van der Waals surface area contributed by atoms with Crippen molar-refractivity contribution in [2.75, 3.05) is 11.9 Å². The summed E-state index contributed by atoms with van der Waals surface area (Å²) < 4.78 is 0.473. The zero-order chi connectivity index (χ0) is 15.3. The first-order chi connectivity index (χ1) is 9.32. The average molecular weight is 344 g/mol. The molecule has 0 bridgehead atoms. The van der Waals surface area contributed by atoms with E-state index in [0.717, 1.165) is 0 Å². The molecule has 6 nitrogen and oxygen atoms in total. The van der Waals surface area contributed by atoms with Crippen LogP contribution in [0.3, 0.4) is 0 Å². The highest BCUT2D eigenvalue weighted by atomic mass is 79.9. The van der Waals surface area contributed by atoms with Gasteiger partial charge in [-0.05, 0) is 34.0 Å². The molecule has 110 valence electrons. The Labute approximate surface area is 125 Å². The summed E-state index contributed by atoms with van der Waals surface area (Å²) in [5.41, 5.74) is 5.92. The Bertz CT molecular complexity index is 506. The standard InChI is InChI=1S/C13H18BrN3O3/c1-7(2)11(15)13(20)16-6-10(18)17-9-5-3-4-8(14)12(9)19/h3-5,7,11,19H,6,15H2,1-2H3,(H,16,20)(H,17,18)/t11-/m0/s1. The van der Waals surface area contributed by atoms with E-state index in [1.165, 1.54) is 0 Å². The van der Waals surface area contributed by atoms with E-state index in [1.54, 1.807) is 18.2 Å². The van der Waals surface area contributed by atoms with Crippen LogP contribution in [0.4, 0.5) is 5.69 Å². The van der Waals surface area contributed by atoms with E-state index in [-0.39, 0.29) is 29.8 Å². The Hall–Kier alpha value is -1.60. The lowest BCUT2D eigenvalue weighted by molar-refractivity contribution is -0.125. The first-order valence-corrected chi connectivity index (χ1v) is 6.93. The molecule has 0 saturated heterocycles. The van der Waals surface area contributed by atoms with Gasteiger partial charge >= 0.3 is 0 Å². The van der Waals surface area contributed by atoms with Gasteiger partial charge in [-0.15, -0.1) is 0 Å². The Balaban J connectivity index is 2.53. The van der Waals surface area contributed by atoms with Crippen molar-refractivity contribution in [2.45, 2.75) is 19.9 Å². The maximum Gasteiger partial charge on any atom is 0.243 e. The number of carbonyl (C=O) groups is 2. The summed E-state index contributed by atoms with van der Waals surface area (Å²) >= 11 is 3.15. The number of para-hydroxylation sites is 1.